The molecule has 0 fully saturated rings. The Morgan fingerprint density at radius 1 is 1.16 bits per heavy atom. The molecule has 5 rings (SSSR count). The summed E-state index contributed by atoms with van der Waals surface area (Å²) in [7, 11) is 0. The first-order valence-electron chi connectivity index (χ1n) is 7.50. The molecule has 3 aromatic heterocycles. The van der Waals surface area contributed by atoms with E-state index >= 15 is 0 Å². The summed E-state index contributed by atoms with van der Waals surface area (Å²) in [5.74, 6) is 3.22. The molecule has 0 N–H and O–H groups in total. The highest BCUT2D eigenvalue weighted by Crippen LogP contribution is 2.35. The Labute approximate surface area is 145 Å². The lowest BCUT2D eigenvalue weighted by Gasteiger charge is -2.02. The summed E-state index contributed by atoms with van der Waals surface area (Å²) in [4.78, 5) is 8.84. The van der Waals surface area contributed by atoms with E-state index < -0.39 is 0 Å². The quantitative estimate of drug-likeness (QED) is 0.557. The van der Waals surface area contributed by atoms with Crippen molar-refractivity contribution in [3.05, 3.63) is 48.0 Å². The van der Waals surface area contributed by atoms with Crippen LogP contribution in [0.1, 0.15) is 5.82 Å². The van der Waals surface area contributed by atoms with Gasteiger partial charge in [0, 0.05) is 28.9 Å². The van der Waals surface area contributed by atoms with Crippen molar-refractivity contribution in [2.75, 3.05) is 6.79 Å². The van der Waals surface area contributed by atoms with Gasteiger partial charge in [-0.25, -0.2) is 9.36 Å². The van der Waals surface area contributed by atoms with Gasteiger partial charge in [-0.05, 0) is 29.7 Å². The Hall–Kier alpha value is -3.20. The first-order valence-corrected chi connectivity index (χ1v) is 8.34. The maximum absolute atomic E-state index is 5.39. The molecule has 4 heterocycles. The highest BCUT2D eigenvalue weighted by atomic mass is 32.1. The van der Waals surface area contributed by atoms with Crippen LogP contribution in [0.5, 0.6) is 11.5 Å². The molecule has 0 amide bonds. The molecule has 0 unspecified atom stereocenters. The van der Waals surface area contributed by atoms with Crippen LogP contribution < -0.4 is 9.47 Å². The number of benzene rings is 1. The molecule has 0 saturated carbocycles. The van der Waals surface area contributed by atoms with Crippen molar-refractivity contribution in [2.24, 2.45) is 0 Å². The molecule has 9 heteroatoms. The zero-order valence-electron chi connectivity index (χ0n) is 12.8. The minimum atomic E-state index is 0.231. The van der Waals surface area contributed by atoms with Crippen molar-refractivity contribution in [3.8, 4) is 34.3 Å². The van der Waals surface area contributed by atoms with Crippen LogP contribution in [0.25, 0.3) is 22.8 Å². The maximum atomic E-state index is 5.39. The van der Waals surface area contributed by atoms with E-state index in [0.29, 0.717) is 24.0 Å². The maximum Gasteiger partial charge on any atom is 0.258 e. The zero-order chi connectivity index (χ0) is 16.6. The molecule has 124 valence electrons. The van der Waals surface area contributed by atoms with E-state index in [1.807, 2.05) is 34.3 Å². The summed E-state index contributed by atoms with van der Waals surface area (Å²) in [5.41, 5.74) is 1.75. The number of imidazole rings is 1. The lowest BCUT2D eigenvalue weighted by Crippen LogP contribution is -2.02. The van der Waals surface area contributed by atoms with Crippen molar-refractivity contribution in [2.45, 2.75) is 6.54 Å². The second-order valence-electron chi connectivity index (χ2n) is 5.38. The molecule has 1 aliphatic heterocycles. The van der Waals surface area contributed by atoms with Gasteiger partial charge in [-0.15, -0.1) is 0 Å². The van der Waals surface area contributed by atoms with Crippen molar-refractivity contribution >= 4 is 11.5 Å². The van der Waals surface area contributed by atoms with E-state index in [9.17, 15) is 0 Å². The molecule has 8 nitrogen and oxygen atoms in total. The number of rotatable bonds is 4. The zero-order valence-corrected chi connectivity index (χ0v) is 13.6. The number of hydrogen-bond acceptors (Lipinski definition) is 8. The van der Waals surface area contributed by atoms with Crippen LogP contribution in [-0.4, -0.2) is 30.9 Å². The number of nitrogens with zero attached hydrogens (tertiary/aromatic N) is 5. The lowest BCUT2D eigenvalue weighted by molar-refractivity contribution is 0.174. The van der Waals surface area contributed by atoms with Crippen molar-refractivity contribution in [3.63, 3.8) is 0 Å². The predicted octanol–water partition coefficient (Wildman–Crippen LogP) is 2.83. The monoisotopic (exact) mass is 353 g/mol. The first kappa shape index (κ1) is 14.2. The fourth-order valence-corrected chi connectivity index (χ4v) is 3.14. The van der Waals surface area contributed by atoms with Gasteiger partial charge >= 0.3 is 0 Å². The van der Waals surface area contributed by atoms with Crippen LogP contribution in [0.2, 0.25) is 0 Å². The minimum Gasteiger partial charge on any atom is -0.454 e. The topological polar surface area (TPSA) is 88.1 Å². The Kier molecular flexibility index (Phi) is 3.23. The lowest BCUT2D eigenvalue weighted by atomic mass is 10.2. The molecular weight excluding hydrogens is 342 g/mol. The summed E-state index contributed by atoms with van der Waals surface area (Å²) < 4.78 is 22.1. The highest BCUT2D eigenvalue weighted by molar-refractivity contribution is 7.03. The molecular formula is C16H11N5O3S. The molecule has 25 heavy (non-hydrogen) atoms. The Morgan fingerprint density at radius 3 is 3.04 bits per heavy atom. The number of ether oxygens (including phenoxy) is 2. The normalized spacial score (nSPS) is 12.6. The van der Waals surface area contributed by atoms with E-state index in [1.165, 1.54) is 11.5 Å². The van der Waals surface area contributed by atoms with Crippen LogP contribution in [0.3, 0.4) is 0 Å². The summed E-state index contributed by atoms with van der Waals surface area (Å²) in [6.07, 6.45) is 5.41. The average Bonchev–Trinajstić information content (AvgIpc) is 3.41. The second kappa shape index (κ2) is 5.71. The SMILES string of the molecule is c1cn(Cc2noc(-c3ccc4c(c3)OCO4)n2)c(-c2cnsc2)n1. The van der Waals surface area contributed by atoms with Crippen molar-refractivity contribution in [1.29, 1.82) is 0 Å². The van der Waals surface area contributed by atoms with E-state index in [4.69, 9.17) is 14.0 Å². The molecule has 0 bridgehead atoms. The number of fused-ring (bicyclic) bond motifs is 1. The fraction of sp³-hybridized carbons (Fsp3) is 0.125. The van der Waals surface area contributed by atoms with Crippen molar-refractivity contribution in [1.82, 2.24) is 24.1 Å². The van der Waals surface area contributed by atoms with E-state index in [0.717, 1.165) is 22.7 Å². The third-order valence-electron chi connectivity index (χ3n) is 3.81. The Morgan fingerprint density at radius 2 is 2.12 bits per heavy atom. The molecule has 0 radical (unpaired) electrons. The summed E-state index contributed by atoms with van der Waals surface area (Å²) in [6, 6.07) is 5.53. The first-order chi connectivity index (χ1) is 12.4. The Bertz CT molecular complexity index is 1020. The van der Waals surface area contributed by atoms with Crippen LogP contribution in [0.4, 0.5) is 0 Å². The fourth-order valence-electron chi connectivity index (χ4n) is 2.63. The largest absolute Gasteiger partial charge is 0.454 e. The van der Waals surface area contributed by atoms with Crippen LogP contribution >= 0.6 is 11.5 Å². The van der Waals surface area contributed by atoms with Gasteiger partial charge in [-0.2, -0.15) is 4.98 Å². The Balaban J connectivity index is 1.42. The standard InChI is InChI=1S/C16H11N5O3S/c1-2-12-13(23-9-22-12)5-10(1)16-19-14(20-24-16)7-21-4-3-17-15(21)11-6-18-25-8-11/h1-6,8H,7,9H2. The van der Waals surface area contributed by atoms with Crippen LogP contribution in [0.15, 0.2) is 46.7 Å². The van der Waals surface area contributed by atoms with E-state index in [-0.39, 0.29) is 6.79 Å². The van der Waals surface area contributed by atoms with E-state index in [2.05, 4.69) is 19.5 Å². The number of hydrogen-bond donors (Lipinski definition) is 0. The molecule has 0 atom stereocenters. The van der Waals surface area contributed by atoms with Crippen LogP contribution in [-0.2, 0) is 6.54 Å². The van der Waals surface area contributed by atoms with Gasteiger partial charge in [0.05, 0.1) is 12.7 Å². The van der Waals surface area contributed by atoms with E-state index in [1.54, 1.807) is 12.4 Å². The molecule has 0 spiro atoms. The van der Waals surface area contributed by atoms with Gasteiger partial charge in [-0.1, -0.05) is 5.16 Å². The van der Waals surface area contributed by atoms with Crippen molar-refractivity contribution < 1.29 is 14.0 Å². The van der Waals surface area contributed by atoms with Gasteiger partial charge in [0.25, 0.3) is 5.89 Å². The van der Waals surface area contributed by atoms with Gasteiger partial charge in [0.1, 0.15) is 5.82 Å². The highest BCUT2D eigenvalue weighted by Gasteiger charge is 2.17. The summed E-state index contributed by atoms with van der Waals surface area (Å²) >= 11 is 1.39. The third kappa shape index (κ3) is 2.54. The third-order valence-corrected chi connectivity index (χ3v) is 4.39. The minimum absolute atomic E-state index is 0.231. The molecule has 4 aromatic rings. The smallest absolute Gasteiger partial charge is 0.258 e. The molecule has 1 aromatic carbocycles. The molecule has 0 aliphatic carbocycles. The molecule has 0 saturated heterocycles. The van der Waals surface area contributed by atoms with Gasteiger partial charge in [-0.3, -0.25) is 0 Å². The van der Waals surface area contributed by atoms with Gasteiger partial charge in [0.2, 0.25) is 6.79 Å². The molecule has 1 aliphatic rings. The predicted molar refractivity (Wildman–Crippen MR) is 88.3 cm³/mol. The summed E-state index contributed by atoms with van der Waals surface area (Å²) in [6.45, 7) is 0.688. The second-order valence-corrected chi connectivity index (χ2v) is 6.03. The number of aromatic nitrogens is 5. The summed E-state index contributed by atoms with van der Waals surface area (Å²) in [5, 5.41) is 6.02. The average molecular weight is 353 g/mol. The van der Waals surface area contributed by atoms with Gasteiger partial charge in [0.15, 0.2) is 17.3 Å². The van der Waals surface area contributed by atoms with Crippen LogP contribution in [0, 0.1) is 0 Å². The van der Waals surface area contributed by atoms with Gasteiger partial charge < -0.3 is 18.6 Å².